The van der Waals surface area contributed by atoms with E-state index in [-0.39, 0.29) is 24.0 Å². The van der Waals surface area contributed by atoms with Crippen LogP contribution in [0.2, 0.25) is 0 Å². The van der Waals surface area contributed by atoms with Crippen molar-refractivity contribution in [2.24, 2.45) is 0 Å². The summed E-state index contributed by atoms with van der Waals surface area (Å²) < 4.78 is 0. The first-order valence-electron chi connectivity index (χ1n) is 2.21. The normalized spacial score (nSPS) is 20.0. The van der Waals surface area contributed by atoms with Crippen LogP contribution in [0.4, 0.5) is 0 Å². The fourth-order valence-electron chi connectivity index (χ4n) is 0.625. The van der Waals surface area contributed by atoms with Crippen molar-refractivity contribution in [2.45, 2.75) is 12.8 Å². The Kier molecular flexibility index (Phi) is 4.31. The zero-order valence-corrected chi connectivity index (χ0v) is 6.07. The van der Waals surface area contributed by atoms with Gasteiger partial charge in [-0.05, 0) is 25.9 Å². The van der Waals surface area contributed by atoms with Crippen LogP contribution in [0, 0.1) is 0 Å². The molecule has 1 nitrogen and oxygen atoms in total. The minimum Gasteiger partial charge on any atom is -0.317 e. The average molecular weight is 199 g/mol. The van der Waals surface area contributed by atoms with Crippen LogP contribution in [0.15, 0.2) is 0 Å². The number of halogens is 1. The summed E-state index contributed by atoms with van der Waals surface area (Å²) in [7, 11) is 0. The fourth-order valence-corrected chi connectivity index (χ4v) is 0.625. The molecular formula is C4H10IN. The molecule has 1 N–H and O–H groups in total. The summed E-state index contributed by atoms with van der Waals surface area (Å²) in [5.74, 6) is 0. The van der Waals surface area contributed by atoms with Gasteiger partial charge in [0.2, 0.25) is 0 Å². The summed E-state index contributed by atoms with van der Waals surface area (Å²) in [6, 6.07) is 0. The standard InChI is InChI=1S/C4H9N.HI/c1-2-4-5-3-1;/h5H,1-4H2;1H. The zero-order valence-electron chi connectivity index (χ0n) is 3.74. The first-order valence-corrected chi connectivity index (χ1v) is 2.21. The molecule has 0 radical (unpaired) electrons. The molecule has 1 fully saturated rings. The van der Waals surface area contributed by atoms with Crippen LogP contribution in [0.5, 0.6) is 0 Å². The second kappa shape index (κ2) is 3.87. The van der Waals surface area contributed by atoms with Gasteiger partial charge in [-0.3, -0.25) is 0 Å². The number of nitrogens with one attached hydrogen (secondary N) is 1. The summed E-state index contributed by atoms with van der Waals surface area (Å²) in [5.41, 5.74) is 0. The monoisotopic (exact) mass is 199 g/mol. The van der Waals surface area contributed by atoms with Crippen LogP contribution < -0.4 is 5.32 Å². The molecule has 0 atom stereocenters. The third-order valence-electron chi connectivity index (χ3n) is 0.957. The van der Waals surface area contributed by atoms with Crippen LogP contribution in [-0.4, -0.2) is 13.1 Å². The maximum absolute atomic E-state index is 3.22. The van der Waals surface area contributed by atoms with Gasteiger partial charge in [-0.1, -0.05) is 0 Å². The van der Waals surface area contributed by atoms with Gasteiger partial charge in [0.05, 0.1) is 0 Å². The van der Waals surface area contributed by atoms with Crippen molar-refractivity contribution in [1.82, 2.24) is 5.32 Å². The molecule has 1 heterocycles. The largest absolute Gasteiger partial charge is 0.317 e. The van der Waals surface area contributed by atoms with E-state index in [1.54, 1.807) is 0 Å². The molecule has 1 saturated heterocycles. The minimum absolute atomic E-state index is 0. The maximum Gasteiger partial charge on any atom is -0.00484 e. The van der Waals surface area contributed by atoms with E-state index >= 15 is 0 Å². The SMILES string of the molecule is C1CCNC1.I. The highest BCUT2D eigenvalue weighted by Gasteiger charge is 1.93. The van der Waals surface area contributed by atoms with Gasteiger partial charge in [-0.25, -0.2) is 0 Å². The minimum atomic E-state index is 0. The van der Waals surface area contributed by atoms with E-state index in [0.717, 1.165) is 0 Å². The van der Waals surface area contributed by atoms with Gasteiger partial charge in [0.25, 0.3) is 0 Å². The van der Waals surface area contributed by atoms with Crippen molar-refractivity contribution in [3.05, 3.63) is 0 Å². The first kappa shape index (κ1) is 6.69. The number of rotatable bonds is 0. The molecule has 0 aliphatic carbocycles. The number of hydrogen-bond acceptors (Lipinski definition) is 1. The molecule has 1 rings (SSSR count). The third-order valence-corrected chi connectivity index (χ3v) is 0.957. The van der Waals surface area contributed by atoms with Crippen LogP contribution in [0.25, 0.3) is 0 Å². The van der Waals surface area contributed by atoms with E-state index in [1.807, 2.05) is 0 Å². The lowest BCUT2D eigenvalue weighted by atomic mass is 10.4. The molecule has 0 spiro atoms. The zero-order chi connectivity index (χ0) is 3.54. The molecule has 0 aromatic carbocycles. The summed E-state index contributed by atoms with van der Waals surface area (Å²) in [6.45, 7) is 2.50. The van der Waals surface area contributed by atoms with E-state index in [9.17, 15) is 0 Å². The molecule has 0 aromatic rings. The average Bonchev–Trinajstić information content (AvgIpc) is 1.76. The van der Waals surface area contributed by atoms with Crippen LogP contribution >= 0.6 is 24.0 Å². The Morgan fingerprint density at radius 2 is 1.50 bits per heavy atom. The van der Waals surface area contributed by atoms with Crippen molar-refractivity contribution in [1.29, 1.82) is 0 Å². The van der Waals surface area contributed by atoms with E-state index < -0.39 is 0 Å². The van der Waals surface area contributed by atoms with Crippen molar-refractivity contribution < 1.29 is 0 Å². The first-order chi connectivity index (χ1) is 2.50. The molecule has 0 saturated carbocycles. The van der Waals surface area contributed by atoms with E-state index in [0.29, 0.717) is 0 Å². The van der Waals surface area contributed by atoms with Gasteiger partial charge in [-0.15, -0.1) is 24.0 Å². The fraction of sp³-hybridized carbons (Fsp3) is 1.00. The van der Waals surface area contributed by atoms with Gasteiger partial charge in [0, 0.05) is 0 Å². The highest BCUT2D eigenvalue weighted by atomic mass is 127. The Morgan fingerprint density at radius 1 is 1.00 bits per heavy atom. The second-order valence-electron chi connectivity index (χ2n) is 1.46. The molecule has 0 unspecified atom stereocenters. The maximum atomic E-state index is 3.22. The highest BCUT2D eigenvalue weighted by molar-refractivity contribution is 14.0. The van der Waals surface area contributed by atoms with Crippen molar-refractivity contribution in [3.8, 4) is 0 Å². The Labute approximate surface area is 55.5 Å². The molecule has 2 heteroatoms. The van der Waals surface area contributed by atoms with Gasteiger partial charge in [0.1, 0.15) is 0 Å². The lowest BCUT2D eigenvalue weighted by molar-refractivity contribution is 0.857. The predicted octanol–water partition coefficient (Wildman–Crippen LogP) is 0.988. The van der Waals surface area contributed by atoms with Gasteiger partial charge in [-0.2, -0.15) is 0 Å². The molecule has 38 valence electrons. The lowest BCUT2D eigenvalue weighted by Crippen LogP contribution is -2.03. The predicted molar refractivity (Wildman–Crippen MR) is 37.5 cm³/mol. The molecule has 0 bridgehead atoms. The summed E-state index contributed by atoms with van der Waals surface area (Å²) in [4.78, 5) is 0. The van der Waals surface area contributed by atoms with Gasteiger partial charge >= 0.3 is 0 Å². The van der Waals surface area contributed by atoms with Crippen molar-refractivity contribution in [3.63, 3.8) is 0 Å². The summed E-state index contributed by atoms with van der Waals surface area (Å²) in [5, 5.41) is 3.22. The third kappa shape index (κ3) is 1.97. The van der Waals surface area contributed by atoms with Gasteiger partial charge < -0.3 is 5.32 Å². The van der Waals surface area contributed by atoms with Crippen molar-refractivity contribution >= 4 is 24.0 Å². The molecular weight excluding hydrogens is 189 g/mol. The van der Waals surface area contributed by atoms with Gasteiger partial charge in [0.15, 0.2) is 0 Å². The van der Waals surface area contributed by atoms with Crippen molar-refractivity contribution in [2.75, 3.05) is 13.1 Å². The van der Waals surface area contributed by atoms with E-state index in [4.69, 9.17) is 0 Å². The molecule has 6 heavy (non-hydrogen) atoms. The molecule has 1 aliphatic heterocycles. The Balaban J connectivity index is 0.000000250. The van der Waals surface area contributed by atoms with Crippen LogP contribution in [0.3, 0.4) is 0 Å². The molecule has 0 amide bonds. The second-order valence-corrected chi connectivity index (χ2v) is 1.46. The summed E-state index contributed by atoms with van der Waals surface area (Å²) in [6.07, 6.45) is 2.78. The smallest absolute Gasteiger partial charge is 0.00484 e. The van der Waals surface area contributed by atoms with Crippen LogP contribution in [-0.2, 0) is 0 Å². The topological polar surface area (TPSA) is 12.0 Å². The Morgan fingerprint density at radius 3 is 1.67 bits per heavy atom. The number of hydrogen-bond donors (Lipinski definition) is 1. The Bertz CT molecular complexity index is 19.1. The lowest BCUT2D eigenvalue weighted by Gasteiger charge is -1.76. The Hall–Kier alpha value is 0.690. The quantitative estimate of drug-likeness (QED) is 0.573. The van der Waals surface area contributed by atoms with E-state index in [2.05, 4.69) is 5.32 Å². The summed E-state index contributed by atoms with van der Waals surface area (Å²) >= 11 is 0. The molecule has 1 aliphatic rings. The van der Waals surface area contributed by atoms with Crippen LogP contribution in [0.1, 0.15) is 12.8 Å². The van der Waals surface area contributed by atoms with E-state index in [1.165, 1.54) is 25.9 Å². The molecule has 0 aromatic heterocycles. The highest BCUT2D eigenvalue weighted by Crippen LogP contribution is 1.90.